The van der Waals surface area contributed by atoms with E-state index in [2.05, 4.69) is 45.4 Å². The first-order chi connectivity index (χ1) is 6.64. The zero-order valence-corrected chi connectivity index (χ0v) is 11.7. The van der Waals surface area contributed by atoms with Gasteiger partial charge in [0.1, 0.15) is 11.9 Å². The van der Waals surface area contributed by atoms with Crippen LogP contribution in [0.25, 0.3) is 0 Å². The Hall–Kier alpha value is 0.450. The second kappa shape index (κ2) is 4.14. The lowest BCUT2D eigenvalue weighted by Gasteiger charge is -2.21. The van der Waals surface area contributed by atoms with Crippen molar-refractivity contribution in [3.05, 3.63) is 22.6 Å². The van der Waals surface area contributed by atoms with Gasteiger partial charge in [0, 0.05) is 4.43 Å². The summed E-state index contributed by atoms with van der Waals surface area (Å²) in [6, 6.07) is 1.92. The van der Waals surface area contributed by atoms with Crippen LogP contribution in [0.5, 0.6) is 0 Å². The monoisotopic (exact) mass is 370 g/mol. The van der Waals surface area contributed by atoms with E-state index in [0.717, 1.165) is 27.5 Å². The highest BCUT2D eigenvalue weighted by Crippen LogP contribution is 2.42. The van der Waals surface area contributed by atoms with Crippen LogP contribution in [0, 0.1) is 0 Å². The molecule has 0 amide bonds. The van der Waals surface area contributed by atoms with Crippen molar-refractivity contribution < 1.29 is 9.15 Å². The molecule has 2 unspecified atom stereocenters. The normalized spacial score (nSPS) is 32.4. The van der Waals surface area contributed by atoms with Crippen molar-refractivity contribution >= 4 is 38.5 Å². The summed E-state index contributed by atoms with van der Waals surface area (Å²) < 4.78 is 13.4. The minimum atomic E-state index is 0.0253. The highest BCUT2D eigenvalue weighted by atomic mass is 127. The topological polar surface area (TPSA) is 22.4 Å². The zero-order chi connectivity index (χ0) is 10.2. The van der Waals surface area contributed by atoms with E-state index in [0.29, 0.717) is 0 Å². The number of furan rings is 1. The van der Waals surface area contributed by atoms with Crippen LogP contribution in [0.4, 0.5) is 0 Å². The van der Waals surface area contributed by atoms with E-state index >= 15 is 0 Å². The number of halogens is 2. The Morgan fingerprint density at radius 2 is 2.50 bits per heavy atom. The number of rotatable bonds is 2. The van der Waals surface area contributed by atoms with Crippen LogP contribution in [0.2, 0.25) is 0 Å². The second-order valence-electron chi connectivity index (χ2n) is 3.86. The molecule has 2 nitrogen and oxygen atoms in total. The molecule has 0 radical (unpaired) electrons. The van der Waals surface area contributed by atoms with Crippen LogP contribution in [0.3, 0.4) is 0 Å². The van der Waals surface area contributed by atoms with Gasteiger partial charge in [0.15, 0.2) is 0 Å². The van der Waals surface area contributed by atoms with Gasteiger partial charge in [-0.05, 0) is 41.8 Å². The van der Waals surface area contributed by atoms with Gasteiger partial charge < -0.3 is 9.15 Å². The molecule has 0 bridgehead atoms. The number of alkyl halides is 1. The largest absolute Gasteiger partial charge is 0.465 e. The Labute approximate surface area is 106 Å². The maximum atomic E-state index is 5.99. The molecule has 1 aromatic heterocycles. The summed E-state index contributed by atoms with van der Waals surface area (Å²) in [5.41, 5.74) is 0.0253. The minimum Gasteiger partial charge on any atom is -0.465 e. The first kappa shape index (κ1) is 11.0. The summed E-state index contributed by atoms with van der Waals surface area (Å²) in [4.78, 5) is 0. The molecule has 2 rings (SSSR count). The summed E-state index contributed by atoms with van der Waals surface area (Å²) in [6.07, 6.45) is 3.97. The summed E-state index contributed by atoms with van der Waals surface area (Å²) >= 11 is 5.84. The van der Waals surface area contributed by atoms with Gasteiger partial charge in [-0.1, -0.05) is 22.6 Å². The summed E-state index contributed by atoms with van der Waals surface area (Å²) in [5.74, 6) is 0.929. The number of ether oxygens (including phenoxy) is 1. The van der Waals surface area contributed by atoms with E-state index in [1.165, 1.54) is 0 Å². The first-order valence-electron chi connectivity index (χ1n) is 4.61. The van der Waals surface area contributed by atoms with Crippen LogP contribution in [0.15, 0.2) is 21.2 Å². The highest BCUT2D eigenvalue weighted by molar-refractivity contribution is 14.1. The molecule has 14 heavy (non-hydrogen) atoms. The maximum Gasteiger partial charge on any atom is 0.146 e. The van der Waals surface area contributed by atoms with Crippen LogP contribution in [0.1, 0.15) is 31.6 Å². The van der Waals surface area contributed by atoms with Crippen molar-refractivity contribution in [2.75, 3.05) is 4.43 Å². The quantitative estimate of drug-likeness (QED) is 0.578. The Bertz CT molecular complexity index is 326. The third-order valence-corrected chi connectivity index (χ3v) is 4.85. The SMILES string of the molecule is CC1(CI)CCC(c2occc2Br)O1. The van der Waals surface area contributed by atoms with Gasteiger partial charge in [-0.15, -0.1) is 0 Å². The Balaban J connectivity index is 2.13. The molecular formula is C10H12BrIO2. The summed E-state index contributed by atoms with van der Waals surface area (Å²) in [6.45, 7) is 2.16. The van der Waals surface area contributed by atoms with E-state index in [1.807, 2.05) is 6.07 Å². The van der Waals surface area contributed by atoms with Crippen LogP contribution >= 0.6 is 38.5 Å². The van der Waals surface area contributed by atoms with Gasteiger partial charge in [0.25, 0.3) is 0 Å². The lowest BCUT2D eigenvalue weighted by atomic mass is 10.1. The molecular weight excluding hydrogens is 359 g/mol. The van der Waals surface area contributed by atoms with Crippen LogP contribution in [-0.4, -0.2) is 10.0 Å². The lowest BCUT2D eigenvalue weighted by Crippen LogP contribution is -2.24. The molecule has 2 atom stereocenters. The molecule has 0 saturated carbocycles. The summed E-state index contributed by atoms with van der Waals surface area (Å²) in [5, 5.41) is 0. The molecule has 0 N–H and O–H groups in total. The van der Waals surface area contributed by atoms with Gasteiger partial charge in [-0.3, -0.25) is 0 Å². The predicted octanol–water partition coefficient (Wildman–Crippen LogP) is 4.09. The van der Waals surface area contributed by atoms with Crippen molar-refractivity contribution in [2.45, 2.75) is 31.5 Å². The molecule has 1 aromatic rings. The van der Waals surface area contributed by atoms with Crippen molar-refractivity contribution in [1.29, 1.82) is 0 Å². The van der Waals surface area contributed by atoms with Crippen LogP contribution < -0.4 is 0 Å². The molecule has 0 aliphatic carbocycles. The molecule has 0 spiro atoms. The molecule has 2 heterocycles. The Kier molecular flexibility index (Phi) is 3.24. The number of hydrogen-bond donors (Lipinski definition) is 0. The van der Waals surface area contributed by atoms with Crippen molar-refractivity contribution in [3.8, 4) is 0 Å². The lowest BCUT2D eigenvalue weighted by molar-refractivity contribution is -0.0202. The Morgan fingerprint density at radius 3 is 3.00 bits per heavy atom. The molecule has 78 valence electrons. The standard InChI is InChI=1S/C10H12BrIO2/c1-10(6-12)4-2-8(14-10)9-7(11)3-5-13-9/h3,5,8H,2,4,6H2,1H3. The molecule has 1 aliphatic heterocycles. The molecule has 0 aromatic carbocycles. The van der Waals surface area contributed by atoms with Gasteiger partial charge in [-0.25, -0.2) is 0 Å². The third kappa shape index (κ3) is 2.02. The van der Waals surface area contributed by atoms with Crippen molar-refractivity contribution in [2.24, 2.45) is 0 Å². The minimum absolute atomic E-state index is 0.0253. The second-order valence-corrected chi connectivity index (χ2v) is 5.48. The van der Waals surface area contributed by atoms with E-state index in [1.54, 1.807) is 6.26 Å². The average Bonchev–Trinajstić information content (AvgIpc) is 2.73. The fraction of sp³-hybridized carbons (Fsp3) is 0.600. The van der Waals surface area contributed by atoms with Gasteiger partial charge in [0.2, 0.25) is 0 Å². The van der Waals surface area contributed by atoms with E-state index in [-0.39, 0.29) is 11.7 Å². The molecule has 1 aliphatic rings. The smallest absolute Gasteiger partial charge is 0.146 e. The third-order valence-electron chi connectivity index (χ3n) is 2.58. The highest BCUT2D eigenvalue weighted by Gasteiger charge is 2.37. The molecule has 1 saturated heterocycles. The maximum absolute atomic E-state index is 5.99. The first-order valence-corrected chi connectivity index (χ1v) is 6.93. The zero-order valence-electron chi connectivity index (χ0n) is 7.93. The molecule has 1 fully saturated rings. The molecule has 4 heteroatoms. The van der Waals surface area contributed by atoms with E-state index in [9.17, 15) is 0 Å². The van der Waals surface area contributed by atoms with E-state index in [4.69, 9.17) is 9.15 Å². The van der Waals surface area contributed by atoms with E-state index < -0.39 is 0 Å². The fourth-order valence-electron chi connectivity index (χ4n) is 1.72. The van der Waals surface area contributed by atoms with Gasteiger partial charge >= 0.3 is 0 Å². The Morgan fingerprint density at radius 1 is 1.71 bits per heavy atom. The van der Waals surface area contributed by atoms with Crippen molar-refractivity contribution in [1.82, 2.24) is 0 Å². The summed E-state index contributed by atoms with van der Waals surface area (Å²) in [7, 11) is 0. The van der Waals surface area contributed by atoms with Crippen molar-refractivity contribution in [3.63, 3.8) is 0 Å². The number of hydrogen-bond acceptors (Lipinski definition) is 2. The fourth-order valence-corrected chi connectivity index (χ4v) is 2.73. The van der Waals surface area contributed by atoms with Crippen LogP contribution in [-0.2, 0) is 4.74 Å². The predicted molar refractivity (Wildman–Crippen MR) is 66.8 cm³/mol. The van der Waals surface area contributed by atoms with Gasteiger partial charge in [-0.2, -0.15) is 0 Å². The average molecular weight is 371 g/mol. The van der Waals surface area contributed by atoms with Gasteiger partial charge in [0.05, 0.1) is 16.3 Å².